The fourth-order valence-corrected chi connectivity index (χ4v) is 5.44. The van der Waals surface area contributed by atoms with Crippen LogP contribution in [-0.2, 0) is 29.2 Å². The summed E-state index contributed by atoms with van der Waals surface area (Å²) < 4.78 is 14.8. The number of rotatable bonds is 8. The smallest absolute Gasteiger partial charge is 0.271 e. The van der Waals surface area contributed by atoms with Crippen molar-refractivity contribution in [1.82, 2.24) is 24.8 Å². The molecule has 0 aliphatic carbocycles. The van der Waals surface area contributed by atoms with Crippen molar-refractivity contribution in [3.8, 4) is 0 Å². The Bertz CT molecular complexity index is 1730. The van der Waals surface area contributed by atoms with Gasteiger partial charge in [0.1, 0.15) is 10.8 Å². The Morgan fingerprint density at radius 2 is 1.63 bits per heavy atom. The summed E-state index contributed by atoms with van der Waals surface area (Å²) in [7, 11) is 0. The van der Waals surface area contributed by atoms with E-state index in [1.807, 2.05) is 72.8 Å². The highest BCUT2D eigenvalue weighted by Gasteiger charge is 2.38. The number of halogens is 2. The Labute approximate surface area is 258 Å². The Morgan fingerprint density at radius 1 is 0.930 bits per heavy atom. The van der Waals surface area contributed by atoms with Crippen LogP contribution in [0.5, 0.6) is 0 Å². The summed E-state index contributed by atoms with van der Waals surface area (Å²) in [6.45, 7) is 2.80. The van der Waals surface area contributed by atoms with Crippen LogP contribution < -0.4 is 5.32 Å². The monoisotopic (exact) mass is 617 g/mol. The van der Waals surface area contributed by atoms with Crippen molar-refractivity contribution >= 4 is 40.1 Å². The van der Waals surface area contributed by atoms with Crippen molar-refractivity contribution in [3.63, 3.8) is 0 Å². The lowest BCUT2D eigenvalue weighted by atomic mass is 9.90. The first-order valence-electron chi connectivity index (χ1n) is 13.8. The van der Waals surface area contributed by atoms with Gasteiger partial charge in [0.2, 0.25) is 0 Å². The van der Waals surface area contributed by atoms with Crippen molar-refractivity contribution in [3.05, 3.63) is 124 Å². The number of para-hydroxylation sites is 2. The summed E-state index contributed by atoms with van der Waals surface area (Å²) in [5, 5.41) is 13.0. The molecule has 0 radical (unpaired) electrons. The molecule has 0 unspecified atom stereocenters. The molecule has 3 heterocycles. The van der Waals surface area contributed by atoms with Gasteiger partial charge in [0, 0.05) is 18.0 Å². The Hall–Kier alpha value is -3.86. The summed E-state index contributed by atoms with van der Waals surface area (Å²) in [4.78, 5) is 25.6. The number of imidazole rings is 1. The number of nitrogens with one attached hydrogen (secondary N) is 1. The number of carbonyl (C=O) groups excluding carboxylic acids is 1. The van der Waals surface area contributed by atoms with E-state index in [0.29, 0.717) is 23.8 Å². The molecule has 9 nitrogen and oxygen atoms in total. The molecule has 1 aliphatic rings. The zero-order chi connectivity index (χ0) is 29.9. The number of hydrogen-bond donors (Lipinski definition) is 2. The Morgan fingerprint density at radius 3 is 2.33 bits per heavy atom. The quantitative estimate of drug-likeness (QED) is 0.218. The van der Waals surface area contributed by atoms with Crippen molar-refractivity contribution in [2.24, 2.45) is 5.92 Å². The molecule has 1 saturated heterocycles. The summed E-state index contributed by atoms with van der Waals surface area (Å²) in [5.74, 6) is -0.340. The third-order valence-corrected chi connectivity index (χ3v) is 8.39. The first kappa shape index (κ1) is 29.2. The highest BCUT2D eigenvalue weighted by atomic mass is 35.5. The molecule has 6 rings (SSSR count). The fourth-order valence-electron chi connectivity index (χ4n) is 5.12. The maximum atomic E-state index is 12.7. The van der Waals surface area contributed by atoms with E-state index in [-0.39, 0.29) is 41.5 Å². The van der Waals surface area contributed by atoms with Gasteiger partial charge in [0.25, 0.3) is 5.91 Å². The van der Waals surface area contributed by atoms with E-state index in [9.17, 15) is 9.90 Å². The van der Waals surface area contributed by atoms with Gasteiger partial charge in [-0.2, -0.15) is 0 Å². The molecule has 11 heteroatoms. The molecule has 2 N–H and O–H groups in total. The molecule has 3 aromatic carbocycles. The molecule has 0 spiro atoms. The van der Waals surface area contributed by atoms with E-state index in [1.165, 1.54) is 6.20 Å². The second kappa shape index (κ2) is 12.8. The fraction of sp³-hybridized carbons (Fsp3) is 0.250. The van der Waals surface area contributed by atoms with Crippen LogP contribution in [0.25, 0.3) is 11.0 Å². The van der Waals surface area contributed by atoms with Crippen LogP contribution in [0.1, 0.15) is 52.1 Å². The van der Waals surface area contributed by atoms with Crippen LogP contribution in [0, 0.1) is 5.92 Å². The zero-order valence-electron chi connectivity index (χ0n) is 23.2. The van der Waals surface area contributed by atoms with E-state index in [2.05, 4.69) is 27.2 Å². The number of nitrogens with zero attached hydrogens (tertiary/aromatic N) is 4. The predicted octanol–water partition coefficient (Wildman–Crippen LogP) is 6.05. The average Bonchev–Trinajstić information content (AvgIpc) is 3.36. The molecule has 5 aromatic rings. The lowest BCUT2D eigenvalue weighted by Crippen LogP contribution is -2.39. The number of fused-ring (bicyclic) bond motifs is 1. The summed E-state index contributed by atoms with van der Waals surface area (Å²) in [6, 6.07) is 22.9. The van der Waals surface area contributed by atoms with E-state index in [1.54, 1.807) is 10.9 Å². The third kappa shape index (κ3) is 6.41. The molecule has 2 aromatic heterocycles. The number of ether oxygens (including phenoxy) is 2. The summed E-state index contributed by atoms with van der Waals surface area (Å²) >= 11 is 12.5. The largest absolute Gasteiger partial charge is 0.392 e. The highest BCUT2D eigenvalue weighted by Crippen LogP contribution is 2.42. The van der Waals surface area contributed by atoms with E-state index in [4.69, 9.17) is 32.7 Å². The lowest BCUT2D eigenvalue weighted by Gasteiger charge is -2.41. The SMILES string of the molecule is C[C@H]1[C@@H](Cn2cnc(Cl)c2Cl)O[C@@H](c2ccc(CNC(=O)c3cnc4ccccc4n3)cc2)O[C@H]1c1ccc(CO)cc1. The van der Waals surface area contributed by atoms with Gasteiger partial charge >= 0.3 is 0 Å². The minimum Gasteiger partial charge on any atom is -0.392 e. The summed E-state index contributed by atoms with van der Waals surface area (Å²) in [5.41, 5.74) is 5.21. The summed E-state index contributed by atoms with van der Waals surface area (Å²) in [6.07, 6.45) is 1.87. The second-order valence-corrected chi connectivity index (χ2v) is 11.2. The third-order valence-electron chi connectivity index (χ3n) is 7.62. The average molecular weight is 619 g/mol. The first-order chi connectivity index (χ1) is 20.9. The topological polar surface area (TPSA) is 111 Å². The molecule has 43 heavy (non-hydrogen) atoms. The second-order valence-electron chi connectivity index (χ2n) is 10.5. The first-order valence-corrected chi connectivity index (χ1v) is 14.6. The van der Waals surface area contributed by atoms with E-state index < -0.39 is 6.29 Å². The van der Waals surface area contributed by atoms with E-state index in [0.717, 1.165) is 27.8 Å². The van der Waals surface area contributed by atoms with Gasteiger partial charge in [0.15, 0.2) is 11.4 Å². The Balaban J connectivity index is 1.18. The number of hydrogen-bond acceptors (Lipinski definition) is 7. The van der Waals surface area contributed by atoms with Gasteiger partial charge in [-0.25, -0.2) is 9.97 Å². The van der Waals surface area contributed by atoms with Gasteiger partial charge in [0.05, 0.1) is 48.9 Å². The van der Waals surface area contributed by atoms with Gasteiger partial charge < -0.3 is 24.5 Å². The lowest BCUT2D eigenvalue weighted by molar-refractivity contribution is -0.276. The number of aliphatic hydroxyl groups is 1. The van der Waals surface area contributed by atoms with Crippen LogP contribution in [0.15, 0.2) is 85.3 Å². The zero-order valence-corrected chi connectivity index (χ0v) is 24.7. The molecular weight excluding hydrogens is 589 g/mol. The normalized spacial score (nSPS) is 20.3. The van der Waals surface area contributed by atoms with Crippen molar-refractivity contribution in [2.45, 2.75) is 45.1 Å². The van der Waals surface area contributed by atoms with Crippen LogP contribution in [-0.4, -0.2) is 36.6 Å². The number of benzene rings is 3. The predicted molar refractivity (Wildman–Crippen MR) is 162 cm³/mol. The Kier molecular flexibility index (Phi) is 8.69. The molecule has 0 saturated carbocycles. The van der Waals surface area contributed by atoms with Crippen molar-refractivity contribution in [1.29, 1.82) is 0 Å². The van der Waals surface area contributed by atoms with Gasteiger partial charge in [-0.05, 0) is 28.8 Å². The molecule has 220 valence electrons. The number of carbonyl (C=O) groups is 1. The maximum absolute atomic E-state index is 12.7. The molecule has 1 fully saturated rings. The highest BCUT2D eigenvalue weighted by molar-refractivity contribution is 6.40. The molecular formula is C32H29Cl2N5O4. The van der Waals surface area contributed by atoms with Crippen LogP contribution in [0.3, 0.4) is 0 Å². The molecule has 1 aliphatic heterocycles. The number of aliphatic hydroxyl groups excluding tert-OH is 1. The minimum atomic E-state index is -0.655. The molecule has 1 amide bonds. The van der Waals surface area contributed by atoms with Crippen molar-refractivity contribution in [2.75, 3.05) is 0 Å². The van der Waals surface area contributed by atoms with E-state index >= 15 is 0 Å². The van der Waals surface area contributed by atoms with Crippen LogP contribution in [0.2, 0.25) is 10.3 Å². The number of aromatic nitrogens is 4. The molecule has 0 bridgehead atoms. The maximum Gasteiger partial charge on any atom is 0.271 e. The number of amides is 1. The van der Waals surface area contributed by atoms with Crippen LogP contribution in [0.4, 0.5) is 0 Å². The molecule has 4 atom stereocenters. The van der Waals surface area contributed by atoms with Gasteiger partial charge in [-0.3, -0.25) is 9.78 Å². The van der Waals surface area contributed by atoms with Gasteiger partial charge in [-0.15, -0.1) is 0 Å². The minimum absolute atomic E-state index is 0.0297. The van der Waals surface area contributed by atoms with Crippen LogP contribution >= 0.6 is 23.2 Å². The van der Waals surface area contributed by atoms with Crippen molar-refractivity contribution < 1.29 is 19.4 Å². The van der Waals surface area contributed by atoms with Gasteiger partial charge in [-0.1, -0.05) is 90.8 Å². The standard InChI is InChI=1S/C32H29Cl2N5O4/c1-19-27(16-39-18-37-29(33)30(39)34)42-32(43-28(19)22-10-8-21(17-40)9-11-22)23-12-6-20(7-13-23)14-36-31(41)26-15-35-24-4-2-3-5-25(24)38-26/h2-13,15,18-19,27-28,32,40H,14,16-17H2,1H3,(H,36,41)/t19-,27+,28+,32+/m0/s1.